The number of carbonyl (C=O) groups is 3. The van der Waals surface area contributed by atoms with Crippen molar-refractivity contribution in [2.75, 3.05) is 13.1 Å². The molecule has 1 aromatic rings. The lowest BCUT2D eigenvalue weighted by molar-refractivity contribution is -0.131. The van der Waals surface area contributed by atoms with Gasteiger partial charge in [-0.05, 0) is 25.0 Å². The number of amides is 3. The quantitative estimate of drug-likeness (QED) is 0.567. The number of nitrogens with zero attached hydrogens (tertiary/aromatic N) is 2. The van der Waals surface area contributed by atoms with Crippen molar-refractivity contribution in [2.24, 2.45) is 0 Å². The Labute approximate surface area is 127 Å². The number of hydrogen-bond donors (Lipinski definition) is 2. The molecule has 22 heavy (non-hydrogen) atoms. The number of rotatable bonds is 3. The Morgan fingerprint density at radius 2 is 1.77 bits per heavy atom. The number of carbonyl (C=O) groups excluding carboxylic acids is 3. The Bertz CT molecular complexity index is 613. The van der Waals surface area contributed by atoms with Crippen LogP contribution in [0.2, 0.25) is 0 Å². The first kappa shape index (κ1) is 14.7. The topological polar surface area (TPSA) is 98.2 Å². The summed E-state index contributed by atoms with van der Waals surface area (Å²) in [5.74, 6) is -2.11. The Morgan fingerprint density at radius 3 is 2.32 bits per heavy atom. The molecule has 2 aliphatic heterocycles. The van der Waals surface area contributed by atoms with E-state index in [4.69, 9.17) is 0 Å². The standard InChI is InChI=1S/C14H15BN2O5/c18-12(16-7-3-6-11(16)15(21)22)8-17-13(19)9-4-1-2-5-10(9)14(17)20/h1-2,4-5,11,21-22H,3,6-8H2. The van der Waals surface area contributed by atoms with Crippen LogP contribution in [0.3, 0.4) is 0 Å². The second-order valence-electron chi connectivity index (χ2n) is 5.45. The highest BCUT2D eigenvalue weighted by molar-refractivity contribution is 6.43. The molecule has 0 saturated carbocycles. The van der Waals surface area contributed by atoms with E-state index in [1.165, 1.54) is 4.90 Å². The Kier molecular flexibility index (Phi) is 3.72. The first-order chi connectivity index (χ1) is 10.5. The lowest BCUT2D eigenvalue weighted by Gasteiger charge is -2.25. The summed E-state index contributed by atoms with van der Waals surface area (Å²) >= 11 is 0. The van der Waals surface area contributed by atoms with Crippen LogP contribution in [0.1, 0.15) is 33.6 Å². The second kappa shape index (κ2) is 5.55. The van der Waals surface area contributed by atoms with Gasteiger partial charge in [-0.25, -0.2) is 0 Å². The third-order valence-corrected chi connectivity index (χ3v) is 4.14. The maximum Gasteiger partial charge on any atom is 0.475 e. The molecule has 1 unspecified atom stereocenters. The minimum Gasteiger partial charge on any atom is -0.426 e. The molecule has 0 aliphatic carbocycles. The molecule has 7 nitrogen and oxygen atoms in total. The van der Waals surface area contributed by atoms with Gasteiger partial charge in [0.05, 0.1) is 17.1 Å². The van der Waals surface area contributed by atoms with Gasteiger partial charge in [0, 0.05) is 6.54 Å². The molecule has 3 rings (SSSR count). The zero-order chi connectivity index (χ0) is 15.9. The summed E-state index contributed by atoms with van der Waals surface area (Å²) in [6.07, 6.45) is 1.15. The van der Waals surface area contributed by atoms with E-state index < -0.39 is 30.8 Å². The van der Waals surface area contributed by atoms with Crippen molar-refractivity contribution in [3.05, 3.63) is 35.4 Å². The van der Waals surface area contributed by atoms with Crippen LogP contribution in [0.5, 0.6) is 0 Å². The van der Waals surface area contributed by atoms with Crippen LogP contribution < -0.4 is 0 Å². The Balaban J connectivity index is 1.76. The molecule has 0 bridgehead atoms. The summed E-state index contributed by atoms with van der Waals surface area (Å²) in [5.41, 5.74) is 0.584. The Morgan fingerprint density at radius 1 is 1.18 bits per heavy atom. The summed E-state index contributed by atoms with van der Waals surface area (Å²) in [7, 11) is -1.62. The molecule has 1 aromatic carbocycles. The van der Waals surface area contributed by atoms with Crippen molar-refractivity contribution in [1.29, 1.82) is 0 Å². The maximum absolute atomic E-state index is 12.3. The molecule has 2 aliphatic rings. The van der Waals surface area contributed by atoms with Gasteiger partial charge in [0.15, 0.2) is 0 Å². The molecular weight excluding hydrogens is 287 g/mol. The zero-order valence-corrected chi connectivity index (χ0v) is 11.8. The average Bonchev–Trinajstić information content (AvgIpc) is 3.08. The molecule has 1 fully saturated rings. The smallest absolute Gasteiger partial charge is 0.426 e. The van der Waals surface area contributed by atoms with E-state index in [2.05, 4.69) is 0 Å². The predicted molar refractivity (Wildman–Crippen MR) is 76.7 cm³/mol. The minimum absolute atomic E-state index is 0.292. The Hall–Kier alpha value is -2.19. The molecule has 8 heteroatoms. The van der Waals surface area contributed by atoms with Gasteiger partial charge in [-0.3, -0.25) is 19.3 Å². The van der Waals surface area contributed by atoms with Gasteiger partial charge in [-0.15, -0.1) is 0 Å². The third kappa shape index (κ3) is 2.30. The predicted octanol–water partition coefficient (Wildman–Crippen LogP) is -0.714. The van der Waals surface area contributed by atoms with Crippen molar-refractivity contribution < 1.29 is 24.4 Å². The first-order valence-electron chi connectivity index (χ1n) is 7.11. The van der Waals surface area contributed by atoms with Gasteiger partial charge in [-0.1, -0.05) is 12.1 Å². The molecular formula is C14H15BN2O5. The lowest BCUT2D eigenvalue weighted by Crippen LogP contribution is -2.49. The van der Waals surface area contributed by atoms with Gasteiger partial charge in [0.1, 0.15) is 6.54 Å². The van der Waals surface area contributed by atoms with Crippen molar-refractivity contribution in [3.63, 3.8) is 0 Å². The van der Waals surface area contributed by atoms with Crippen LogP contribution in [0.25, 0.3) is 0 Å². The molecule has 2 heterocycles. The molecule has 0 aromatic heterocycles. The number of benzene rings is 1. The SMILES string of the molecule is O=C1c2ccccc2C(=O)N1CC(=O)N1CCCC1B(O)O. The van der Waals surface area contributed by atoms with Crippen LogP contribution >= 0.6 is 0 Å². The van der Waals surface area contributed by atoms with Crippen LogP contribution in [-0.2, 0) is 4.79 Å². The van der Waals surface area contributed by atoms with E-state index in [9.17, 15) is 24.4 Å². The van der Waals surface area contributed by atoms with E-state index in [1.807, 2.05) is 0 Å². The van der Waals surface area contributed by atoms with Crippen LogP contribution in [0.15, 0.2) is 24.3 Å². The van der Waals surface area contributed by atoms with E-state index >= 15 is 0 Å². The summed E-state index contributed by atoms with van der Waals surface area (Å²) in [6, 6.07) is 6.42. The van der Waals surface area contributed by atoms with Crippen molar-refractivity contribution in [1.82, 2.24) is 9.80 Å². The highest BCUT2D eigenvalue weighted by atomic mass is 16.4. The number of fused-ring (bicyclic) bond motifs is 1. The monoisotopic (exact) mass is 302 g/mol. The van der Waals surface area contributed by atoms with Crippen molar-refractivity contribution in [3.8, 4) is 0 Å². The van der Waals surface area contributed by atoms with Crippen molar-refractivity contribution >= 4 is 24.8 Å². The van der Waals surface area contributed by atoms with E-state index in [-0.39, 0.29) is 6.54 Å². The van der Waals surface area contributed by atoms with Gasteiger partial charge in [0.2, 0.25) is 5.91 Å². The van der Waals surface area contributed by atoms with E-state index in [1.54, 1.807) is 24.3 Å². The number of likely N-dealkylation sites (tertiary alicyclic amines) is 1. The van der Waals surface area contributed by atoms with Gasteiger partial charge < -0.3 is 14.9 Å². The molecule has 1 saturated heterocycles. The summed E-state index contributed by atoms with van der Waals surface area (Å²) in [5, 5.41) is 18.6. The maximum atomic E-state index is 12.3. The molecule has 114 valence electrons. The fraction of sp³-hybridized carbons (Fsp3) is 0.357. The summed E-state index contributed by atoms with van der Waals surface area (Å²) < 4.78 is 0. The highest BCUT2D eigenvalue weighted by Crippen LogP contribution is 2.24. The normalized spacial score (nSPS) is 20.5. The van der Waals surface area contributed by atoms with Crippen LogP contribution in [0.4, 0.5) is 0 Å². The van der Waals surface area contributed by atoms with E-state index in [0.29, 0.717) is 30.5 Å². The zero-order valence-electron chi connectivity index (χ0n) is 11.8. The van der Waals surface area contributed by atoms with Crippen LogP contribution in [0, 0.1) is 0 Å². The summed E-state index contributed by atoms with van der Waals surface area (Å²) in [6.45, 7) is 0.0137. The fourth-order valence-corrected chi connectivity index (χ4v) is 3.02. The molecule has 1 atom stereocenters. The molecule has 0 spiro atoms. The van der Waals surface area contributed by atoms with Gasteiger partial charge in [-0.2, -0.15) is 0 Å². The van der Waals surface area contributed by atoms with Crippen LogP contribution in [-0.4, -0.2) is 63.7 Å². The lowest BCUT2D eigenvalue weighted by atomic mass is 9.78. The second-order valence-corrected chi connectivity index (χ2v) is 5.45. The molecule has 2 N–H and O–H groups in total. The fourth-order valence-electron chi connectivity index (χ4n) is 3.02. The minimum atomic E-state index is -1.62. The average molecular weight is 302 g/mol. The highest BCUT2D eigenvalue weighted by Gasteiger charge is 2.41. The van der Waals surface area contributed by atoms with Crippen molar-refractivity contribution in [2.45, 2.75) is 18.8 Å². The first-order valence-corrected chi connectivity index (χ1v) is 7.11. The third-order valence-electron chi connectivity index (χ3n) is 4.14. The van der Waals surface area contributed by atoms with Gasteiger partial charge in [0.25, 0.3) is 11.8 Å². The largest absolute Gasteiger partial charge is 0.475 e. The number of imide groups is 1. The van der Waals surface area contributed by atoms with E-state index in [0.717, 1.165) is 4.90 Å². The van der Waals surface area contributed by atoms with Gasteiger partial charge >= 0.3 is 7.12 Å². The molecule has 0 radical (unpaired) electrons. The summed E-state index contributed by atoms with van der Waals surface area (Å²) in [4.78, 5) is 39.0. The molecule has 3 amide bonds. The number of hydrogen-bond acceptors (Lipinski definition) is 5.